The number of nitrogens with one attached hydrogen (secondary N) is 2. The molecule has 0 fully saturated rings. The number of hydrogen-bond donors (Lipinski definition) is 2. The number of pyridine rings is 2. The highest BCUT2D eigenvalue weighted by molar-refractivity contribution is 6.31. The Hall–Kier alpha value is -8.98. The maximum atomic E-state index is 13.7. The number of aryl methyl sites for hydroxylation is 2. The summed E-state index contributed by atoms with van der Waals surface area (Å²) in [5, 5.41) is 37.3. The molecular weight excluding hydrogens is 1010 g/mol. The van der Waals surface area contributed by atoms with Gasteiger partial charge in [-0.05, 0) is 83.6 Å². The summed E-state index contributed by atoms with van der Waals surface area (Å²) in [6, 6.07) is 22.4. The zero-order chi connectivity index (χ0) is 54.3. The number of anilines is 2. The van der Waals surface area contributed by atoms with Crippen LogP contribution in [0.1, 0.15) is 62.8 Å². The fourth-order valence-electron chi connectivity index (χ4n) is 9.06. The predicted octanol–water partition coefficient (Wildman–Crippen LogP) is 8.48. The highest BCUT2D eigenvalue weighted by atomic mass is 35.5. The molecule has 0 aliphatic carbocycles. The fourth-order valence-corrected chi connectivity index (χ4v) is 9.41. The van der Waals surface area contributed by atoms with Crippen LogP contribution in [0.4, 0.5) is 11.9 Å². The first-order valence-electron chi connectivity index (χ1n) is 24.1. The quantitative estimate of drug-likeness (QED) is 0.117. The van der Waals surface area contributed by atoms with Crippen molar-refractivity contribution in [3.05, 3.63) is 138 Å². The molecule has 2 aromatic carbocycles. The molecule has 2 amide bonds. The third-order valence-electron chi connectivity index (χ3n) is 12.6. The summed E-state index contributed by atoms with van der Waals surface area (Å²) >= 11 is 12.6. The standard InChI is InChI=1S/2C27H25ClN8O2/c2*1-15(2)9-22(37)31-27-32-25-23(26(38)35(27)4)24(21-10-16(12-29)13-34(21)3)36(33-25)14-17-7-8-30-20-6-5-18(28)11-19(17)20/h2*5-8,10-11,13,15H,9,14H2,1-4H3,(H,31,32,33,37). The Morgan fingerprint density at radius 1 is 0.605 bits per heavy atom. The Morgan fingerprint density at radius 2 is 1.00 bits per heavy atom. The van der Waals surface area contributed by atoms with Crippen molar-refractivity contribution in [2.45, 2.75) is 53.6 Å². The number of hydrogen-bond acceptors (Lipinski definition) is 12. The van der Waals surface area contributed by atoms with E-state index >= 15 is 0 Å². The topological polar surface area (TPSA) is 247 Å². The number of aromatic nitrogens is 12. The molecule has 10 aromatic rings. The Morgan fingerprint density at radius 3 is 1.36 bits per heavy atom. The molecule has 0 saturated heterocycles. The van der Waals surface area contributed by atoms with E-state index in [1.54, 1.807) is 95.7 Å². The molecule has 0 atom stereocenters. The van der Waals surface area contributed by atoms with Crippen LogP contribution in [0.25, 0.3) is 66.6 Å². The molecule has 384 valence electrons. The zero-order valence-corrected chi connectivity index (χ0v) is 44.2. The smallest absolute Gasteiger partial charge is 0.266 e. The van der Waals surface area contributed by atoms with Crippen molar-refractivity contribution in [2.75, 3.05) is 10.6 Å². The number of nitriles is 2. The van der Waals surface area contributed by atoms with E-state index in [4.69, 9.17) is 33.4 Å². The van der Waals surface area contributed by atoms with E-state index < -0.39 is 0 Å². The maximum absolute atomic E-state index is 13.7. The fraction of sp³-hybridized carbons (Fsp3) is 0.259. The highest BCUT2D eigenvalue weighted by Crippen LogP contribution is 2.33. The van der Waals surface area contributed by atoms with E-state index in [9.17, 15) is 29.7 Å². The summed E-state index contributed by atoms with van der Waals surface area (Å²) in [7, 11) is 6.73. The van der Waals surface area contributed by atoms with Crippen LogP contribution >= 0.6 is 23.2 Å². The molecule has 0 unspecified atom stereocenters. The van der Waals surface area contributed by atoms with Gasteiger partial charge in [-0.2, -0.15) is 30.7 Å². The SMILES string of the molecule is CC(C)CC(=O)Nc1nc2nn(Cc3ccnc4ccc(Cl)cc34)c(-c3cc(C#N)cn3C)c2c(=O)n1C.CC(C)CC(=O)Nc1nc2nn(Cc3ccnc4ccc(Cl)cc34)c(-c3cc(C#N)cn3C)c2c(=O)n1C. The first-order valence-corrected chi connectivity index (χ1v) is 24.8. The van der Waals surface area contributed by atoms with E-state index in [1.165, 1.54) is 9.13 Å². The lowest BCUT2D eigenvalue weighted by Gasteiger charge is -2.12. The molecule has 0 saturated carbocycles. The number of carbonyl (C=O) groups is 2. The van der Waals surface area contributed by atoms with Gasteiger partial charge in [-0.15, -0.1) is 0 Å². The molecule has 0 radical (unpaired) electrons. The van der Waals surface area contributed by atoms with Crippen LogP contribution < -0.4 is 21.8 Å². The Balaban J connectivity index is 0.000000186. The van der Waals surface area contributed by atoms with Crippen LogP contribution in [0.2, 0.25) is 10.0 Å². The number of fused-ring (bicyclic) bond motifs is 4. The molecule has 2 N–H and O–H groups in total. The van der Waals surface area contributed by atoms with Gasteiger partial charge in [0.1, 0.15) is 34.3 Å². The Labute approximate surface area is 444 Å². The van der Waals surface area contributed by atoms with Gasteiger partial charge in [-0.1, -0.05) is 50.9 Å². The summed E-state index contributed by atoms with van der Waals surface area (Å²) in [6.45, 7) is 8.33. The molecule has 0 aliphatic heterocycles. The van der Waals surface area contributed by atoms with Crippen molar-refractivity contribution < 1.29 is 9.59 Å². The van der Waals surface area contributed by atoms with Crippen LogP contribution in [0.15, 0.2) is 95.0 Å². The third kappa shape index (κ3) is 10.3. The van der Waals surface area contributed by atoms with Crippen molar-refractivity contribution >= 4 is 90.8 Å². The Kier molecular flexibility index (Phi) is 14.4. The van der Waals surface area contributed by atoms with Crippen LogP contribution in [0.5, 0.6) is 0 Å². The number of benzene rings is 2. The first-order chi connectivity index (χ1) is 36.3. The van der Waals surface area contributed by atoms with Gasteiger partial charge in [0, 0.05) is 86.6 Å². The number of carbonyl (C=O) groups excluding carboxylic acids is 2. The van der Waals surface area contributed by atoms with Gasteiger partial charge in [0.2, 0.25) is 23.7 Å². The molecule has 20 nitrogen and oxygen atoms in total. The molecule has 0 bridgehead atoms. The van der Waals surface area contributed by atoms with Gasteiger partial charge >= 0.3 is 0 Å². The normalized spacial score (nSPS) is 11.4. The lowest BCUT2D eigenvalue weighted by molar-refractivity contribution is -0.117. The molecule has 10 rings (SSSR count). The number of amides is 2. The van der Waals surface area contributed by atoms with Gasteiger partial charge in [-0.3, -0.25) is 58.3 Å². The van der Waals surface area contributed by atoms with E-state index in [0.29, 0.717) is 56.8 Å². The summed E-state index contributed by atoms with van der Waals surface area (Å²) in [5.74, 6) is 0.0736. The maximum Gasteiger partial charge on any atom is 0.266 e. The van der Waals surface area contributed by atoms with Crippen molar-refractivity contribution in [3.63, 3.8) is 0 Å². The van der Waals surface area contributed by atoms with Gasteiger partial charge in [0.15, 0.2) is 11.3 Å². The van der Waals surface area contributed by atoms with Crippen molar-refractivity contribution in [3.8, 4) is 34.9 Å². The third-order valence-corrected chi connectivity index (χ3v) is 13.1. The molecule has 22 heteroatoms. The summed E-state index contributed by atoms with van der Waals surface area (Å²) in [5.41, 5.74) is 6.21. The minimum absolute atomic E-state index is 0.120. The van der Waals surface area contributed by atoms with Gasteiger partial charge in [0.05, 0.1) is 46.6 Å². The van der Waals surface area contributed by atoms with E-state index in [1.807, 2.05) is 64.1 Å². The molecule has 0 spiro atoms. The van der Waals surface area contributed by atoms with E-state index in [-0.39, 0.29) is 81.8 Å². The zero-order valence-electron chi connectivity index (χ0n) is 42.7. The van der Waals surface area contributed by atoms with Crippen LogP contribution in [-0.2, 0) is 50.9 Å². The predicted molar refractivity (Wildman–Crippen MR) is 292 cm³/mol. The molecule has 0 aliphatic rings. The summed E-state index contributed by atoms with van der Waals surface area (Å²) < 4.78 is 9.59. The van der Waals surface area contributed by atoms with Crippen molar-refractivity contribution in [2.24, 2.45) is 40.0 Å². The minimum Gasteiger partial charge on any atom is -0.348 e. The average Bonchev–Trinajstić information content (AvgIpc) is 4.14. The molecule has 8 heterocycles. The highest BCUT2D eigenvalue weighted by Gasteiger charge is 2.26. The van der Waals surface area contributed by atoms with E-state index in [2.05, 4.69) is 42.7 Å². The number of nitrogens with zero attached hydrogens (tertiary/aromatic N) is 14. The monoisotopic (exact) mass is 1060 g/mol. The first kappa shape index (κ1) is 51.9. The molecule has 8 aromatic heterocycles. The minimum atomic E-state index is -0.363. The van der Waals surface area contributed by atoms with Gasteiger partial charge < -0.3 is 9.13 Å². The second kappa shape index (κ2) is 21.1. The lowest BCUT2D eigenvalue weighted by Crippen LogP contribution is -2.25. The van der Waals surface area contributed by atoms with E-state index in [0.717, 1.165) is 32.9 Å². The largest absolute Gasteiger partial charge is 0.348 e. The van der Waals surface area contributed by atoms with Crippen LogP contribution in [0, 0.1) is 34.5 Å². The van der Waals surface area contributed by atoms with Crippen molar-refractivity contribution in [1.82, 2.24) is 57.8 Å². The van der Waals surface area contributed by atoms with Crippen molar-refractivity contribution in [1.29, 1.82) is 10.5 Å². The second-order valence-electron chi connectivity index (χ2n) is 19.2. The van der Waals surface area contributed by atoms with Crippen LogP contribution in [-0.4, -0.2) is 69.6 Å². The second-order valence-corrected chi connectivity index (χ2v) is 20.1. The molecule has 76 heavy (non-hydrogen) atoms. The molecular formula is C54H50Cl2N16O4. The average molecular weight is 1060 g/mol. The number of rotatable bonds is 12. The van der Waals surface area contributed by atoms with Gasteiger partial charge in [-0.25, -0.2) is 0 Å². The summed E-state index contributed by atoms with van der Waals surface area (Å²) in [6.07, 6.45) is 7.41. The van der Waals surface area contributed by atoms with Crippen LogP contribution in [0.3, 0.4) is 0 Å². The van der Waals surface area contributed by atoms with Gasteiger partial charge in [0.25, 0.3) is 11.1 Å². The Bertz CT molecular complexity index is 3910. The lowest BCUT2D eigenvalue weighted by atomic mass is 10.1. The summed E-state index contributed by atoms with van der Waals surface area (Å²) in [4.78, 5) is 70.2. The number of halogens is 2.